The maximum Gasteiger partial charge on any atom is 0.236 e. The summed E-state index contributed by atoms with van der Waals surface area (Å²) in [4.78, 5) is 11.6. The fourth-order valence-corrected chi connectivity index (χ4v) is 1.41. The number of amides is 1. The third-order valence-corrected chi connectivity index (χ3v) is 2.89. The van der Waals surface area contributed by atoms with Crippen LogP contribution in [0.1, 0.15) is 33.1 Å². The molecule has 3 nitrogen and oxygen atoms in total. The molecule has 0 aromatic heterocycles. The Morgan fingerprint density at radius 1 is 1.62 bits per heavy atom. The molecule has 1 saturated carbocycles. The Morgan fingerprint density at radius 3 is 2.38 bits per heavy atom. The first-order valence-electron chi connectivity index (χ1n) is 4.52. The first-order chi connectivity index (χ1) is 5.90. The number of aliphatic hydroxyl groups excluding tert-OH is 1. The standard InChI is InChI=1S/C9H16BrNO2/c1-8(2,10)7(13)11-9(6-12)4-3-5-9/h12H,3-6H2,1-2H3,(H,11,13). The van der Waals surface area contributed by atoms with E-state index >= 15 is 0 Å². The van der Waals surface area contributed by atoms with Gasteiger partial charge in [-0.25, -0.2) is 0 Å². The zero-order valence-electron chi connectivity index (χ0n) is 8.06. The number of halogens is 1. The Hall–Kier alpha value is -0.0900. The molecule has 0 aromatic rings. The molecule has 1 amide bonds. The molecule has 1 rings (SSSR count). The molecule has 4 heteroatoms. The van der Waals surface area contributed by atoms with Gasteiger partial charge in [-0.1, -0.05) is 15.9 Å². The molecule has 0 bridgehead atoms. The largest absolute Gasteiger partial charge is 0.394 e. The van der Waals surface area contributed by atoms with Crippen molar-refractivity contribution in [1.82, 2.24) is 5.32 Å². The van der Waals surface area contributed by atoms with Crippen LogP contribution < -0.4 is 5.32 Å². The lowest BCUT2D eigenvalue weighted by Gasteiger charge is -2.42. The number of aliphatic hydroxyl groups is 1. The number of hydrogen-bond acceptors (Lipinski definition) is 2. The average molecular weight is 250 g/mol. The van der Waals surface area contributed by atoms with Crippen LogP contribution in [0.2, 0.25) is 0 Å². The van der Waals surface area contributed by atoms with Crippen LogP contribution in [0.15, 0.2) is 0 Å². The second-order valence-corrected chi connectivity index (χ2v) is 6.20. The predicted octanol–water partition coefficient (Wildman–Crippen LogP) is 1.19. The van der Waals surface area contributed by atoms with Crippen molar-refractivity contribution in [3.63, 3.8) is 0 Å². The number of hydrogen-bond donors (Lipinski definition) is 2. The quantitative estimate of drug-likeness (QED) is 0.739. The molecule has 1 fully saturated rings. The highest BCUT2D eigenvalue weighted by molar-refractivity contribution is 9.10. The van der Waals surface area contributed by atoms with E-state index < -0.39 is 4.32 Å². The van der Waals surface area contributed by atoms with Crippen molar-refractivity contribution in [3.05, 3.63) is 0 Å². The van der Waals surface area contributed by atoms with Crippen LogP contribution in [-0.4, -0.2) is 27.5 Å². The number of carbonyl (C=O) groups excluding carboxylic acids is 1. The third-order valence-electron chi connectivity index (χ3n) is 2.53. The Kier molecular flexibility index (Phi) is 3.02. The van der Waals surface area contributed by atoms with Crippen molar-refractivity contribution in [2.75, 3.05) is 6.61 Å². The van der Waals surface area contributed by atoms with Gasteiger partial charge >= 0.3 is 0 Å². The molecule has 0 saturated heterocycles. The molecule has 1 aliphatic carbocycles. The highest BCUT2D eigenvalue weighted by Crippen LogP contribution is 2.32. The van der Waals surface area contributed by atoms with E-state index in [0.29, 0.717) is 0 Å². The number of rotatable bonds is 3. The molecule has 76 valence electrons. The fraction of sp³-hybridized carbons (Fsp3) is 0.889. The molecule has 1 aliphatic rings. The van der Waals surface area contributed by atoms with Crippen LogP contribution in [0.25, 0.3) is 0 Å². The summed E-state index contributed by atoms with van der Waals surface area (Å²) in [5, 5.41) is 12.0. The van der Waals surface area contributed by atoms with Gasteiger partial charge in [0.2, 0.25) is 5.91 Å². The zero-order chi connectivity index (χ0) is 10.1. The zero-order valence-corrected chi connectivity index (χ0v) is 9.65. The number of alkyl halides is 1. The van der Waals surface area contributed by atoms with E-state index in [4.69, 9.17) is 5.11 Å². The van der Waals surface area contributed by atoms with E-state index in [0.717, 1.165) is 19.3 Å². The molecule has 13 heavy (non-hydrogen) atoms. The van der Waals surface area contributed by atoms with Crippen molar-refractivity contribution in [2.24, 2.45) is 0 Å². The molecule has 0 atom stereocenters. The minimum absolute atomic E-state index is 0.0435. The van der Waals surface area contributed by atoms with Gasteiger partial charge in [-0.2, -0.15) is 0 Å². The minimum atomic E-state index is -0.551. The molecule has 0 aromatic carbocycles. The van der Waals surface area contributed by atoms with E-state index in [-0.39, 0.29) is 18.1 Å². The molecule has 0 radical (unpaired) electrons. The molecule has 0 aliphatic heterocycles. The highest BCUT2D eigenvalue weighted by atomic mass is 79.9. The van der Waals surface area contributed by atoms with Crippen LogP contribution in [-0.2, 0) is 4.79 Å². The van der Waals surface area contributed by atoms with Gasteiger partial charge in [0.15, 0.2) is 0 Å². The Balaban J connectivity index is 2.52. The van der Waals surface area contributed by atoms with Gasteiger partial charge in [0.25, 0.3) is 0 Å². The Bertz CT molecular complexity index is 201. The maximum absolute atomic E-state index is 11.6. The van der Waals surface area contributed by atoms with Crippen molar-refractivity contribution in [2.45, 2.75) is 43.0 Å². The summed E-state index contributed by atoms with van der Waals surface area (Å²) in [7, 11) is 0. The van der Waals surface area contributed by atoms with Gasteiger partial charge in [0.1, 0.15) is 0 Å². The second-order valence-electron chi connectivity index (χ2n) is 4.22. The van der Waals surface area contributed by atoms with E-state index in [1.807, 2.05) is 0 Å². The average Bonchev–Trinajstić information content (AvgIpc) is 1.94. The van der Waals surface area contributed by atoms with Crippen LogP contribution in [0.3, 0.4) is 0 Å². The summed E-state index contributed by atoms with van der Waals surface area (Å²) in [6, 6.07) is 0. The normalized spacial score (nSPS) is 20.6. The van der Waals surface area contributed by atoms with Gasteiger partial charge in [0, 0.05) is 0 Å². The SMILES string of the molecule is CC(C)(Br)C(=O)NC1(CO)CCC1. The number of carbonyl (C=O) groups is 1. The summed E-state index contributed by atoms with van der Waals surface area (Å²) in [6.07, 6.45) is 2.86. The summed E-state index contributed by atoms with van der Waals surface area (Å²) < 4.78 is -0.551. The summed E-state index contributed by atoms with van der Waals surface area (Å²) in [5.74, 6) is -0.0544. The lowest BCUT2D eigenvalue weighted by molar-refractivity contribution is -0.126. The van der Waals surface area contributed by atoms with Crippen LogP contribution in [0.5, 0.6) is 0 Å². The van der Waals surface area contributed by atoms with Crippen molar-refractivity contribution in [1.29, 1.82) is 0 Å². The topological polar surface area (TPSA) is 49.3 Å². The van der Waals surface area contributed by atoms with E-state index in [2.05, 4.69) is 21.2 Å². The molecule has 0 heterocycles. The van der Waals surface area contributed by atoms with Crippen molar-refractivity contribution in [3.8, 4) is 0 Å². The molecule has 2 N–H and O–H groups in total. The van der Waals surface area contributed by atoms with Gasteiger partial charge in [-0.15, -0.1) is 0 Å². The molecular formula is C9H16BrNO2. The Labute approximate surface area is 87.0 Å². The van der Waals surface area contributed by atoms with Crippen LogP contribution in [0.4, 0.5) is 0 Å². The van der Waals surface area contributed by atoms with Gasteiger partial charge in [0.05, 0.1) is 16.5 Å². The first kappa shape index (κ1) is 11.0. The first-order valence-corrected chi connectivity index (χ1v) is 5.31. The second kappa shape index (κ2) is 3.58. The van der Waals surface area contributed by atoms with Crippen LogP contribution >= 0.6 is 15.9 Å². The maximum atomic E-state index is 11.6. The minimum Gasteiger partial charge on any atom is -0.394 e. The van der Waals surface area contributed by atoms with E-state index in [9.17, 15) is 4.79 Å². The van der Waals surface area contributed by atoms with Gasteiger partial charge in [-0.3, -0.25) is 4.79 Å². The Morgan fingerprint density at radius 2 is 2.15 bits per heavy atom. The van der Waals surface area contributed by atoms with E-state index in [1.54, 1.807) is 13.8 Å². The smallest absolute Gasteiger partial charge is 0.236 e. The lowest BCUT2D eigenvalue weighted by Crippen LogP contribution is -2.59. The predicted molar refractivity (Wildman–Crippen MR) is 54.8 cm³/mol. The monoisotopic (exact) mass is 249 g/mol. The highest BCUT2D eigenvalue weighted by Gasteiger charge is 2.40. The summed E-state index contributed by atoms with van der Waals surface area (Å²) >= 11 is 3.29. The van der Waals surface area contributed by atoms with E-state index in [1.165, 1.54) is 0 Å². The molecule has 0 unspecified atom stereocenters. The summed E-state index contributed by atoms with van der Waals surface area (Å²) in [5.41, 5.74) is -0.331. The van der Waals surface area contributed by atoms with Crippen molar-refractivity contribution >= 4 is 21.8 Å². The lowest BCUT2D eigenvalue weighted by atomic mass is 9.77. The molecular weight excluding hydrogens is 234 g/mol. The van der Waals surface area contributed by atoms with Crippen molar-refractivity contribution < 1.29 is 9.90 Å². The van der Waals surface area contributed by atoms with Crippen LogP contribution in [0, 0.1) is 0 Å². The third kappa shape index (κ3) is 2.44. The summed E-state index contributed by atoms with van der Waals surface area (Å²) in [6.45, 7) is 3.64. The fourth-order valence-electron chi connectivity index (χ4n) is 1.32. The molecule has 0 spiro atoms. The number of nitrogens with one attached hydrogen (secondary N) is 1. The van der Waals surface area contributed by atoms with Gasteiger partial charge in [-0.05, 0) is 33.1 Å². The van der Waals surface area contributed by atoms with Gasteiger partial charge < -0.3 is 10.4 Å².